The van der Waals surface area contributed by atoms with Gasteiger partial charge in [0.1, 0.15) is 6.61 Å². The zero-order valence-electron chi connectivity index (χ0n) is 25.3. The third-order valence-corrected chi connectivity index (χ3v) is 8.42. The lowest BCUT2D eigenvalue weighted by molar-refractivity contribution is -0.139. The van der Waals surface area contributed by atoms with Gasteiger partial charge in [-0.1, -0.05) is 85.3 Å². The topological polar surface area (TPSA) is 79.1 Å². The third-order valence-electron chi connectivity index (χ3n) is 7.44. The number of hydrogen-bond acceptors (Lipinski definition) is 7. The molecule has 43 heavy (non-hydrogen) atoms. The predicted octanol–water partition coefficient (Wildman–Crippen LogP) is 5.82. The third kappa shape index (κ3) is 6.34. The standard InChI is InChI=1S/C35H36N2O5S/c1-7-41-34(39)31-23(5)36-35-37(32(31)27-15-13-26(14-16-27)21(2)3)33(38)30(43-35)19-25-12-17-28(29(18-25)40-6)42-20-24-10-8-22(4)9-11-24/h8-19,21,32H,7,20H2,1-6H3. The van der Waals surface area contributed by atoms with Gasteiger partial charge in [-0.25, -0.2) is 9.79 Å². The average Bonchev–Trinajstić information content (AvgIpc) is 3.30. The molecular formula is C35H36N2O5S. The van der Waals surface area contributed by atoms with Gasteiger partial charge in [0.25, 0.3) is 5.56 Å². The molecule has 0 amide bonds. The summed E-state index contributed by atoms with van der Waals surface area (Å²) in [5.41, 5.74) is 5.72. The molecule has 1 unspecified atom stereocenters. The zero-order chi connectivity index (χ0) is 30.7. The Morgan fingerprint density at radius 2 is 1.74 bits per heavy atom. The smallest absolute Gasteiger partial charge is 0.338 e. The lowest BCUT2D eigenvalue weighted by Gasteiger charge is -2.25. The number of thiazole rings is 1. The molecule has 1 aromatic heterocycles. The number of ether oxygens (including phenoxy) is 3. The number of benzene rings is 3. The van der Waals surface area contributed by atoms with Crippen LogP contribution in [0.25, 0.3) is 6.08 Å². The highest BCUT2D eigenvalue weighted by Crippen LogP contribution is 2.32. The summed E-state index contributed by atoms with van der Waals surface area (Å²) in [4.78, 5) is 32.3. The van der Waals surface area contributed by atoms with Crippen LogP contribution >= 0.6 is 11.3 Å². The van der Waals surface area contributed by atoms with Gasteiger partial charge < -0.3 is 14.2 Å². The van der Waals surface area contributed by atoms with Gasteiger partial charge in [-0.3, -0.25) is 9.36 Å². The number of esters is 1. The Hall–Kier alpha value is -4.43. The second-order valence-corrected chi connectivity index (χ2v) is 11.8. The molecule has 1 aliphatic rings. The molecular weight excluding hydrogens is 560 g/mol. The van der Waals surface area contributed by atoms with E-state index < -0.39 is 12.0 Å². The molecule has 7 nitrogen and oxygen atoms in total. The van der Waals surface area contributed by atoms with E-state index in [0.29, 0.717) is 44.6 Å². The number of hydrogen-bond donors (Lipinski definition) is 0. The molecule has 3 aromatic carbocycles. The monoisotopic (exact) mass is 596 g/mol. The second-order valence-electron chi connectivity index (χ2n) is 10.8. The minimum atomic E-state index is -0.647. The molecule has 0 bridgehead atoms. The molecule has 8 heteroatoms. The number of aryl methyl sites for hydroxylation is 1. The van der Waals surface area contributed by atoms with Crippen molar-refractivity contribution in [1.29, 1.82) is 0 Å². The summed E-state index contributed by atoms with van der Waals surface area (Å²) in [6.45, 7) is 10.5. The maximum Gasteiger partial charge on any atom is 0.338 e. The van der Waals surface area contributed by atoms with E-state index in [0.717, 1.165) is 16.7 Å². The van der Waals surface area contributed by atoms with Crippen LogP contribution in [0.1, 0.15) is 67.5 Å². The van der Waals surface area contributed by atoms with Gasteiger partial charge in [0.2, 0.25) is 0 Å². The van der Waals surface area contributed by atoms with Crippen molar-refractivity contribution < 1.29 is 19.0 Å². The van der Waals surface area contributed by atoms with E-state index in [-0.39, 0.29) is 12.2 Å². The van der Waals surface area contributed by atoms with Crippen molar-refractivity contribution in [2.75, 3.05) is 13.7 Å². The van der Waals surface area contributed by atoms with E-state index in [2.05, 4.69) is 31.0 Å². The molecule has 0 N–H and O–H groups in total. The van der Waals surface area contributed by atoms with E-state index in [1.807, 2.05) is 67.6 Å². The van der Waals surface area contributed by atoms with Crippen LogP contribution in [0.2, 0.25) is 0 Å². The summed E-state index contributed by atoms with van der Waals surface area (Å²) >= 11 is 1.29. The molecule has 222 valence electrons. The van der Waals surface area contributed by atoms with Crippen LogP contribution in [0.5, 0.6) is 11.5 Å². The summed E-state index contributed by atoms with van der Waals surface area (Å²) in [6.07, 6.45) is 1.82. The van der Waals surface area contributed by atoms with Crippen LogP contribution in [0.3, 0.4) is 0 Å². The van der Waals surface area contributed by atoms with Gasteiger partial charge >= 0.3 is 5.97 Å². The normalized spacial score (nSPS) is 14.9. The fourth-order valence-electron chi connectivity index (χ4n) is 5.06. The van der Waals surface area contributed by atoms with Crippen molar-refractivity contribution >= 4 is 23.4 Å². The van der Waals surface area contributed by atoms with Crippen molar-refractivity contribution in [1.82, 2.24) is 4.57 Å². The summed E-state index contributed by atoms with van der Waals surface area (Å²) in [5.74, 6) is 1.06. The first-order valence-electron chi connectivity index (χ1n) is 14.4. The number of allylic oxidation sites excluding steroid dienone is 1. The molecule has 0 spiro atoms. The Labute approximate surface area is 255 Å². The van der Waals surface area contributed by atoms with Crippen molar-refractivity contribution in [3.63, 3.8) is 0 Å². The predicted molar refractivity (Wildman–Crippen MR) is 169 cm³/mol. The molecule has 4 aromatic rings. The molecule has 2 heterocycles. The maximum absolute atomic E-state index is 14.0. The van der Waals surface area contributed by atoms with Gasteiger partial charge in [0.15, 0.2) is 16.3 Å². The van der Waals surface area contributed by atoms with E-state index in [1.165, 1.54) is 22.5 Å². The first-order valence-corrected chi connectivity index (χ1v) is 15.2. The van der Waals surface area contributed by atoms with E-state index in [9.17, 15) is 9.59 Å². The number of aromatic nitrogens is 1. The minimum Gasteiger partial charge on any atom is -0.493 e. The molecule has 0 radical (unpaired) electrons. The molecule has 0 aliphatic carbocycles. The van der Waals surface area contributed by atoms with Crippen molar-refractivity contribution in [3.8, 4) is 11.5 Å². The van der Waals surface area contributed by atoms with Gasteiger partial charge in [-0.2, -0.15) is 0 Å². The first kappa shape index (κ1) is 30.0. The Kier molecular flexibility index (Phi) is 8.97. The number of carbonyl (C=O) groups is 1. The summed E-state index contributed by atoms with van der Waals surface area (Å²) in [5, 5.41) is 0. The highest BCUT2D eigenvalue weighted by molar-refractivity contribution is 7.07. The Morgan fingerprint density at radius 1 is 1.02 bits per heavy atom. The second kappa shape index (κ2) is 12.8. The van der Waals surface area contributed by atoms with Crippen LogP contribution < -0.4 is 24.4 Å². The molecule has 0 saturated heterocycles. The van der Waals surface area contributed by atoms with E-state index in [4.69, 9.17) is 14.2 Å². The van der Waals surface area contributed by atoms with Crippen molar-refractivity contribution in [2.24, 2.45) is 4.99 Å². The molecule has 1 atom stereocenters. The Bertz CT molecular complexity index is 1850. The van der Waals surface area contributed by atoms with Gasteiger partial charge in [-0.05, 0) is 67.2 Å². The number of fused-ring (bicyclic) bond motifs is 1. The van der Waals surface area contributed by atoms with Crippen molar-refractivity contribution in [2.45, 2.75) is 53.2 Å². The average molecular weight is 597 g/mol. The lowest BCUT2D eigenvalue weighted by Crippen LogP contribution is -2.39. The van der Waals surface area contributed by atoms with Crippen molar-refractivity contribution in [3.05, 3.63) is 126 Å². The SMILES string of the molecule is CCOC(=O)C1=C(C)N=c2sc(=Cc3ccc(OCc4ccc(C)cc4)c(OC)c3)c(=O)n2C1c1ccc(C(C)C)cc1. The van der Waals surface area contributed by atoms with Crippen LogP contribution in [0.4, 0.5) is 0 Å². The minimum absolute atomic E-state index is 0.227. The summed E-state index contributed by atoms with van der Waals surface area (Å²) in [7, 11) is 1.59. The largest absolute Gasteiger partial charge is 0.493 e. The number of methoxy groups -OCH3 is 1. The molecule has 0 saturated carbocycles. The van der Waals surface area contributed by atoms with Crippen LogP contribution in [0.15, 0.2) is 87.8 Å². The summed E-state index contributed by atoms with van der Waals surface area (Å²) < 4.78 is 19.2. The first-order chi connectivity index (χ1) is 20.7. The van der Waals surface area contributed by atoms with E-state index in [1.54, 1.807) is 25.5 Å². The highest BCUT2D eigenvalue weighted by atomic mass is 32.1. The number of rotatable bonds is 9. The fourth-order valence-corrected chi connectivity index (χ4v) is 6.11. The quantitative estimate of drug-likeness (QED) is 0.228. The van der Waals surface area contributed by atoms with Gasteiger partial charge in [0, 0.05) is 0 Å². The Balaban J connectivity index is 1.54. The van der Waals surface area contributed by atoms with Gasteiger partial charge in [0.05, 0.1) is 35.6 Å². The maximum atomic E-state index is 14.0. The van der Waals surface area contributed by atoms with Crippen LogP contribution in [-0.2, 0) is 16.1 Å². The number of carbonyl (C=O) groups excluding carboxylic acids is 1. The molecule has 5 rings (SSSR count). The zero-order valence-corrected chi connectivity index (χ0v) is 26.2. The Morgan fingerprint density at radius 3 is 2.40 bits per heavy atom. The van der Waals surface area contributed by atoms with E-state index >= 15 is 0 Å². The lowest BCUT2D eigenvalue weighted by atomic mass is 9.93. The van der Waals surface area contributed by atoms with Gasteiger partial charge in [-0.15, -0.1) is 0 Å². The molecule has 1 aliphatic heterocycles. The fraction of sp³-hybridized carbons (Fsp3) is 0.286. The van der Waals surface area contributed by atoms with Crippen LogP contribution in [-0.4, -0.2) is 24.3 Å². The molecule has 0 fully saturated rings. The highest BCUT2D eigenvalue weighted by Gasteiger charge is 2.33. The number of nitrogens with zero attached hydrogens (tertiary/aromatic N) is 2. The summed E-state index contributed by atoms with van der Waals surface area (Å²) in [6, 6.07) is 21.2. The van der Waals surface area contributed by atoms with Crippen LogP contribution in [0, 0.1) is 6.92 Å².